The molecular weight excluding hydrogens is 370 g/mol. The maximum atomic E-state index is 12.7. The molecule has 0 amide bonds. The lowest BCUT2D eigenvalue weighted by molar-refractivity contribution is 0.0518. The first-order chi connectivity index (χ1) is 14.0. The molecule has 0 bridgehead atoms. The molecule has 1 N–H and O–H groups in total. The van der Waals surface area contributed by atoms with E-state index in [2.05, 4.69) is 10.4 Å². The van der Waals surface area contributed by atoms with Crippen molar-refractivity contribution in [3.05, 3.63) is 81.8 Å². The van der Waals surface area contributed by atoms with Gasteiger partial charge in [-0.05, 0) is 43.7 Å². The van der Waals surface area contributed by atoms with Gasteiger partial charge in [0.2, 0.25) is 0 Å². The number of nitrogens with one attached hydrogen (secondary N) is 1. The lowest BCUT2D eigenvalue weighted by Crippen LogP contribution is -2.26. The molecule has 7 nitrogen and oxygen atoms in total. The smallest absolute Gasteiger partial charge is 0.360 e. The minimum atomic E-state index is -0.596. The van der Waals surface area contributed by atoms with E-state index in [1.165, 1.54) is 10.7 Å². The number of hydrogen-bond donors (Lipinski definition) is 1. The number of nitrogens with zero attached hydrogens (tertiary/aromatic N) is 2. The van der Waals surface area contributed by atoms with Crippen molar-refractivity contribution in [2.24, 2.45) is 0 Å². The molecule has 150 valence electrons. The number of aromatic nitrogens is 2. The summed E-state index contributed by atoms with van der Waals surface area (Å²) in [6.07, 6.45) is 0. The predicted octanol–water partition coefficient (Wildman–Crippen LogP) is 3.34. The summed E-state index contributed by atoms with van der Waals surface area (Å²) < 4.78 is 11.6. The van der Waals surface area contributed by atoms with Crippen molar-refractivity contribution in [1.29, 1.82) is 0 Å². The molecule has 2 aromatic carbocycles. The zero-order valence-electron chi connectivity index (χ0n) is 16.6. The number of benzene rings is 2. The molecule has 0 aliphatic carbocycles. The van der Waals surface area contributed by atoms with Crippen molar-refractivity contribution < 1.29 is 14.3 Å². The number of aryl methyl sites for hydroxylation is 1. The van der Waals surface area contributed by atoms with Gasteiger partial charge in [0, 0.05) is 12.6 Å². The topological polar surface area (TPSA) is 82.5 Å². The molecule has 0 atom stereocenters. The van der Waals surface area contributed by atoms with Crippen LogP contribution in [0.3, 0.4) is 0 Å². The molecule has 0 aliphatic heterocycles. The zero-order chi connectivity index (χ0) is 20.8. The highest BCUT2D eigenvalue weighted by molar-refractivity contribution is 5.93. The quantitative estimate of drug-likeness (QED) is 0.620. The number of carbonyl (C=O) groups excluding carboxylic acids is 1. The number of anilines is 1. The average Bonchev–Trinajstić information content (AvgIpc) is 2.73. The second kappa shape index (κ2) is 9.05. The van der Waals surface area contributed by atoms with Crippen LogP contribution < -0.4 is 15.6 Å². The van der Waals surface area contributed by atoms with Gasteiger partial charge in [-0.25, -0.2) is 4.79 Å². The number of ether oxygens (including phenoxy) is 2. The Labute approximate surface area is 168 Å². The van der Waals surface area contributed by atoms with Crippen LogP contribution in [0, 0.1) is 6.92 Å². The Hall–Kier alpha value is -3.61. The van der Waals surface area contributed by atoms with Gasteiger partial charge in [-0.3, -0.25) is 4.79 Å². The fraction of sp³-hybridized carbons (Fsp3) is 0.227. The lowest BCUT2D eigenvalue weighted by atomic mass is 10.2. The van der Waals surface area contributed by atoms with E-state index in [9.17, 15) is 9.59 Å². The second-order valence-electron chi connectivity index (χ2n) is 6.42. The maximum absolute atomic E-state index is 12.7. The van der Waals surface area contributed by atoms with Crippen LogP contribution in [0.5, 0.6) is 5.75 Å². The van der Waals surface area contributed by atoms with E-state index in [0.29, 0.717) is 17.9 Å². The molecule has 0 unspecified atom stereocenters. The summed E-state index contributed by atoms with van der Waals surface area (Å²) in [4.78, 5) is 25.1. The van der Waals surface area contributed by atoms with Gasteiger partial charge in [0.05, 0.1) is 25.1 Å². The van der Waals surface area contributed by atoms with Gasteiger partial charge in [-0.2, -0.15) is 9.78 Å². The Morgan fingerprint density at radius 2 is 1.90 bits per heavy atom. The summed E-state index contributed by atoms with van der Waals surface area (Å²) >= 11 is 0. The van der Waals surface area contributed by atoms with Gasteiger partial charge >= 0.3 is 5.97 Å². The normalized spacial score (nSPS) is 10.4. The Balaban J connectivity index is 1.96. The van der Waals surface area contributed by atoms with Crippen LogP contribution in [-0.4, -0.2) is 29.5 Å². The Bertz CT molecular complexity index is 1060. The zero-order valence-corrected chi connectivity index (χ0v) is 16.6. The first kappa shape index (κ1) is 20.1. The predicted molar refractivity (Wildman–Crippen MR) is 111 cm³/mol. The molecule has 0 saturated heterocycles. The summed E-state index contributed by atoms with van der Waals surface area (Å²) in [6.45, 7) is 4.27. The summed E-state index contributed by atoms with van der Waals surface area (Å²) in [7, 11) is 1.60. The molecule has 3 rings (SSSR count). The molecule has 0 fully saturated rings. The monoisotopic (exact) mass is 393 g/mol. The van der Waals surface area contributed by atoms with Crippen LogP contribution in [-0.2, 0) is 11.3 Å². The van der Waals surface area contributed by atoms with E-state index in [0.717, 1.165) is 16.9 Å². The van der Waals surface area contributed by atoms with E-state index in [4.69, 9.17) is 9.47 Å². The fourth-order valence-corrected chi connectivity index (χ4v) is 2.79. The average molecular weight is 393 g/mol. The first-order valence-corrected chi connectivity index (χ1v) is 9.27. The molecule has 29 heavy (non-hydrogen) atoms. The maximum Gasteiger partial charge on any atom is 0.360 e. The second-order valence-corrected chi connectivity index (χ2v) is 6.42. The lowest BCUT2D eigenvalue weighted by Gasteiger charge is -2.13. The number of carbonyl (C=O) groups is 1. The van der Waals surface area contributed by atoms with Gasteiger partial charge in [0.15, 0.2) is 5.69 Å². The summed E-state index contributed by atoms with van der Waals surface area (Å²) in [5.74, 6) is 0.129. The number of rotatable bonds is 7. The fourth-order valence-electron chi connectivity index (χ4n) is 2.79. The van der Waals surface area contributed by atoms with Gasteiger partial charge in [-0.15, -0.1) is 0 Å². The van der Waals surface area contributed by atoms with Crippen molar-refractivity contribution in [1.82, 2.24) is 9.78 Å². The molecule has 1 aromatic heterocycles. The Morgan fingerprint density at radius 1 is 1.14 bits per heavy atom. The van der Waals surface area contributed by atoms with E-state index in [-0.39, 0.29) is 17.9 Å². The van der Waals surface area contributed by atoms with Crippen molar-refractivity contribution in [3.63, 3.8) is 0 Å². The van der Waals surface area contributed by atoms with Crippen molar-refractivity contribution in [3.8, 4) is 11.4 Å². The third-order valence-corrected chi connectivity index (χ3v) is 4.30. The number of methoxy groups -OCH3 is 1. The first-order valence-electron chi connectivity index (χ1n) is 9.27. The minimum Gasteiger partial charge on any atom is -0.497 e. The molecule has 1 heterocycles. The molecular formula is C22H23N3O4. The highest BCUT2D eigenvalue weighted by Gasteiger charge is 2.18. The third-order valence-electron chi connectivity index (χ3n) is 4.30. The van der Waals surface area contributed by atoms with E-state index < -0.39 is 5.97 Å². The van der Waals surface area contributed by atoms with Crippen LogP contribution in [0.25, 0.3) is 5.69 Å². The summed E-state index contributed by atoms with van der Waals surface area (Å²) in [5, 5.41) is 7.40. The summed E-state index contributed by atoms with van der Waals surface area (Å²) in [6, 6.07) is 16.2. The SMILES string of the molecule is CCOC(=O)c1nn(-c2ccc(C)cc2)c(=O)cc1NCc1cccc(OC)c1. The van der Waals surface area contributed by atoms with Crippen LogP contribution in [0.1, 0.15) is 28.5 Å². The van der Waals surface area contributed by atoms with Crippen molar-refractivity contribution in [2.75, 3.05) is 19.0 Å². The van der Waals surface area contributed by atoms with Gasteiger partial charge in [0.1, 0.15) is 5.75 Å². The number of esters is 1. The molecule has 7 heteroatoms. The standard InChI is InChI=1S/C22H23N3O4/c1-4-29-22(27)21-19(23-14-16-6-5-7-18(12-16)28-3)13-20(26)25(24-21)17-10-8-15(2)9-11-17/h5-13,23H,4,14H2,1-3H3. The van der Waals surface area contributed by atoms with Gasteiger partial charge in [0.25, 0.3) is 5.56 Å². The highest BCUT2D eigenvalue weighted by Crippen LogP contribution is 2.17. The van der Waals surface area contributed by atoms with Gasteiger partial charge in [-0.1, -0.05) is 29.8 Å². The van der Waals surface area contributed by atoms with E-state index >= 15 is 0 Å². The third kappa shape index (κ3) is 4.82. The van der Waals surface area contributed by atoms with E-state index in [1.807, 2.05) is 43.3 Å². The van der Waals surface area contributed by atoms with Crippen molar-refractivity contribution >= 4 is 11.7 Å². The number of hydrogen-bond acceptors (Lipinski definition) is 6. The molecule has 0 radical (unpaired) electrons. The van der Waals surface area contributed by atoms with Crippen molar-refractivity contribution in [2.45, 2.75) is 20.4 Å². The highest BCUT2D eigenvalue weighted by atomic mass is 16.5. The summed E-state index contributed by atoms with van der Waals surface area (Å²) in [5.41, 5.74) is 2.58. The molecule has 0 aliphatic rings. The molecule has 0 spiro atoms. The minimum absolute atomic E-state index is 0.0509. The molecule has 3 aromatic rings. The Kier molecular flexibility index (Phi) is 6.29. The largest absolute Gasteiger partial charge is 0.497 e. The molecule has 0 saturated carbocycles. The van der Waals surface area contributed by atoms with Crippen LogP contribution >= 0.6 is 0 Å². The van der Waals surface area contributed by atoms with Crippen LogP contribution in [0.15, 0.2) is 59.4 Å². The van der Waals surface area contributed by atoms with Crippen LogP contribution in [0.4, 0.5) is 5.69 Å². The Morgan fingerprint density at radius 3 is 2.59 bits per heavy atom. The van der Waals surface area contributed by atoms with Crippen LogP contribution in [0.2, 0.25) is 0 Å². The van der Waals surface area contributed by atoms with Gasteiger partial charge < -0.3 is 14.8 Å². The van der Waals surface area contributed by atoms with E-state index in [1.54, 1.807) is 26.2 Å².